The summed E-state index contributed by atoms with van der Waals surface area (Å²) in [6.07, 6.45) is -0.125. The fourth-order valence-corrected chi connectivity index (χ4v) is 1.76. The summed E-state index contributed by atoms with van der Waals surface area (Å²) in [6, 6.07) is 0. The molecule has 0 N–H and O–H groups in total. The van der Waals surface area contributed by atoms with Crippen LogP contribution in [-0.2, 0) is 14.3 Å². The van der Waals surface area contributed by atoms with Crippen molar-refractivity contribution < 1.29 is 14.3 Å². The Morgan fingerprint density at radius 2 is 1.75 bits per heavy atom. The van der Waals surface area contributed by atoms with E-state index in [0.717, 1.165) is 19.6 Å². The van der Waals surface area contributed by atoms with Gasteiger partial charge in [0.15, 0.2) is 0 Å². The molecule has 0 aromatic rings. The number of carbonyl (C=O) groups excluding carboxylic acids is 2. The highest BCUT2D eigenvalue weighted by atomic mass is 16.5. The molecule has 5 nitrogen and oxygen atoms in total. The van der Waals surface area contributed by atoms with Gasteiger partial charge in [0.1, 0.15) is 6.42 Å². The van der Waals surface area contributed by atoms with E-state index < -0.39 is 5.97 Å². The summed E-state index contributed by atoms with van der Waals surface area (Å²) in [5.41, 5.74) is 0. The number of carbonyl (C=O) groups is 2. The SMILES string of the molecule is CCOC(=O)CC(=O)N1CCN(CC)CC1. The van der Waals surface area contributed by atoms with Crippen LogP contribution in [0.4, 0.5) is 0 Å². The maximum atomic E-state index is 11.7. The van der Waals surface area contributed by atoms with Crippen LogP contribution in [-0.4, -0.2) is 61.0 Å². The quantitative estimate of drug-likeness (QED) is 0.506. The number of piperazine rings is 1. The maximum absolute atomic E-state index is 11.7. The van der Waals surface area contributed by atoms with E-state index >= 15 is 0 Å². The summed E-state index contributed by atoms with van der Waals surface area (Å²) in [4.78, 5) is 26.8. The lowest BCUT2D eigenvalue weighted by Gasteiger charge is -2.33. The molecule has 0 spiro atoms. The van der Waals surface area contributed by atoms with E-state index in [1.54, 1.807) is 11.8 Å². The third kappa shape index (κ3) is 3.81. The third-order valence-electron chi connectivity index (χ3n) is 2.77. The molecule has 0 aromatic carbocycles. The second kappa shape index (κ2) is 6.48. The minimum Gasteiger partial charge on any atom is -0.466 e. The molecule has 1 fully saturated rings. The zero-order valence-electron chi connectivity index (χ0n) is 10.1. The number of likely N-dealkylation sites (N-methyl/N-ethyl adjacent to an activating group) is 1. The van der Waals surface area contributed by atoms with Gasteiger partial charge in [0.2, 0.25) is 5.91 Å². The summed E-state index contributed by atoms with van der Waals surface area (Å²) >= 11 is 0. The summed E-state index contributed by atoms with van der Waals surface area (Å²) < 4.78 is 4.75. The topological polar surface area (TPSA) is 49.9 Å². The van der Waals surface area contributed by atoms with E-state index in [1.165, 1.54) is 0 Å². The fraction of sp³-hybridized carbons (Fsp3) is 0.818. The molecule has 1 aliphatic rings. The Kier molecular flexibility index (Phi) is 5.25. The van der Waals surface area contributed by atoms with Crippen molar-refractivity contribution in [2.45, 2.75) is 20.3 Å². The van der Waals surface area contributed by atoms with Crippen LogP contribution in [0.1, 0.15) is 20.3 Å². The van der Waals surface area contributed by atoms with Crippen LogP contribution in [0, 0.1) is 0 Å². The maximum Gasteiger partial charge on any atom is 0.315 e. The van der Waals surface area contributed by atoms with Gasteiger partial charge >= 0.3 is 5.97 Å². The Labute approximate surface area is 96.3 Å². The predicted molar refractivity (Wildman–Crippen MR) is 59.9 cm³/mol. The second-order valence-electron chi connectivity index (χ2n) is 3.80. The van der Waals surface area contributed by atoms with Crippen LogP contribution in [0.25, 0.3) is 0 Å². The van der Waals surface area contributed by atoms with Gasteiger partial charge in [-0.2, -0.15) is 0 Å². The lowest BCUT2D eigenvalue weighted by atomic mass is 10.3. The summed E-state index contributed by atoms with van der Waals surface area (Å²) in [5.74, 6) is -0.542. The Bertz CT molecular complexity index is 248. The number of nitrogens with zero attached hydrogens (tertiary/aromatic N) is 2. The first-order chi connectivity index (χ1) is 7.67. The van der Waals surface area contributed by atoms with Crippen LogP contribution < -0.4 is 0 Å². The number of esters is 1. The molecule has 1 heterocycles. The number of amides is 1. The van der Waals surface area contributed by atoms with Crippen molar-refractivity contribution in [1.29, 1.82) is 0 Å². The van der Waals surface area contributed by atoms with Gasteiger partial charge in [-0.3, -0.25) is 9.59 Å². The van der Waals surface area contributed by atoms with Crippen molar-refractivity contribution in [1.82, 2.24) is 9.80 Å². The van der Waals surface area contributed by atoms with E-state index in [9.17, 15) is 9.59 Å². The van der Waals surface area contributed by atoms with Crippen molar-refractivity contribution in [3.05, 3.63) is 0 Å². The van der Waals surface area contributed by atoms with Gasteiger partial charge in [-0.05, 0) is 13.5 Å². The van der Waals surface area contributed by atoms with Gasteiger partial charge in [0.25, 0.3) is 0 Å². The Balaban J connectivity index is 2.30. The first-order valence-electron chi connectivity index (χ1n) is 5.83. The molecule has 0 radical (unpaired) electrons. The van der Waals surface area contributed by atoms with E-state index in [2.05, 4.69) is 11.8 Å². The minimum atomic E-state index is -0.426. The largest absolute Gasteiger partial charge is 0.466 e. The number of rotatable bonds is 4. The number of ether oxygens (including phenoxy) is 1. The molecule has 1 amide bonds. The normalized spacial score (nSPS) is 17.2. The molecular weight excluding hydrogens is 208 g/mol. The van der Waals surface area contributed by atoms with Crippen molar-refractivity contribution in [2.24, 2.45) is 0 Å². The zero-order chi connectivity index (χ0) is 12.0. The molecule has 0 aliphatic carbocycles. The molecule has 0 atom stereocenters. The summed E-state index contributed by atoms with van der Waals surface area (Å²) in [6.45, 7) is 8.41. The van der Waals surface area contributed by atoms with E-state index in [4.69, 9.17) is 4.74 Å². The van der Waals surface area contributed by atoms with Crippen LogP contribution in [0.3, 0.4) is 0 Å². The smallest absolute Gasteiger partial charge is 0.315 e. The summed E-state index contributed by atoms with van der Waals surface area (Å²) in [7, 11) is 0. The molecule has 0 unspecified atom stereocenters. The Hall–Kier alpha value is -1.10. The predicted octanol–water partition coefficient (Wildman–Crippen LogP) is 0.104. The molecule has 5 heteroatoms. The second-order valence-corrected chi connectivity index (χ2v) is 3.80. The van der Waals surface area contributed by atoms with Crippen LogP contribution >= 0.6 is 0 Å². The van der Waals surface area contributed by atoms with Crippen molar-refractivity contribution in [3.63, 3.8) is 0 Å². The summed E-state index contributed by atoms with van der Waals surface area (Å²) in [5, 5.41) is 0. The monoisotopic (exact) mass is 228 g/mol. The van der Waals surface area contributed by atoms with Crippen molar-refractivity contribution in [2.75, 3.05) is 39.3 Å². The average molecular weight is 228 g/mol. The molecular formula is C11H20N2O3. The van der Waals surface area contributed by atoms with E-state index in [-0.39, 0.29) is 12.3 Å². The van der Waals surface area contributed by atoms with Crippen molar-refractivity contribution in [3.8, 4) is 0 Å². The first kappa shape index (κ1) is 13.0. The molecule has 1 rings (SSSR count). The lowest BCUT2D eigenvalue weighted by Crippen LogP contribution is -2.48. The average Bonchev–Trinajstić information content (AvgIpc) is 2.29. The highest BCUT2D eigenvalue weighted by Crippen LogP contribution is 2.03. The molecule has 16 heavy (non-hydrogen) atoms. The Morgan fingerprint density at radius 1 is 1.12 bits per heavy atom. The standard InChI is InChI=1S/C11H20N2O3/c1-3-12-5-7-13(8-6-12)10(14)9-11(15)16-4-2/h3-9H2,1-2H3. The third-order valence-corrected chi connectivity index (χ3v) is 2.77. The molecule has 0 bridgehead atoms. The van der Waals surface area contributed by atoms with Gasteiger partial charge in [-0.25, -0.2) is 0 Å². The minimum absolute atomic E-state index is 0.116. The first-order valence-corrected chi connectivity index (χ1v) is 5.83. The molecule has 1 aliphatic heterocycles. The highest BCUT2D eigenvalue weighted by Gasteiger charge is 2.22. The van der Waals surface area contributed by atoms with Crippen LogP contribution in [0.15, 0.2) is 0 Å². The number of hydrogen-bond acceptors (Lipinski definition) is 4. The lowest BCUT2D eigenvalue weighted by molar-refractivity contribution is -0.149. The molecule has 1 saturated heterocycles. The van der Waals surface area contributed by atoms with Crippen molar-refractivity contribution >= 4 is 11.9 Å². The van der Waals surface area contributed by atoms with Gasteiger partial charge in [0.05, 0.1) is 6.61 Å². The fourth-order valence-electron chi connectivity index (χ4n) is 1.76. The van der Waals surface area contributed by atoms with Crippen LogP contribution in [0.5, 0.6) is 0 Å². The molecule has 0 aromatic heterocycles. The molecule has 92 valence electrons. The highest BCUT2D eigenvalue weighted by molar-refractivity contribution is 5.94. The molecule has 0 saturated carbocycles. The van der Waals surface area contributed by atoms with Gasteiger partial charge in [-0.1, -0.05) is 6.92 Å². The Morgan fingerprint density at radius 3 is 2.25 bits per heavy atom. The van der Waals surface area contributed by atoms with Gasteiger partial charge < -0.3 is 14.5 Å². The van der Waals surface area contributed by atoms with Gasteiger partial charge in [-0.15, -0.1) is 0 Å². The number of hydrogen-bond donors (Lipinski definition) is 0. The van der Waals surface area contributed by atoms with Gasteiger partial charge in [0, 0.05) is 26.2 Å². The van der Waals surface area contributed by atoms with E-state index in [0.29, 0.717) is 19.7 Å². The van der Waals surface area contributed by atoms with E-state index in [1.807, 2.05) is 0 Å². The zero-order valence-corrected chi connectivity index (χ0v) is 10.1. The van der Waals surface area contributed by atoms with Crippen LogP contribution in [0.2, 0.25) is 0 Å².